The van der Waals surface area contributed by atoms with Crippen molar-refractivity contribution in [2.75, 3.05) is 11.4 Å². The van der Waals surface area contributed by atoms with Crippen LogP contribution in [0.3, 0.4) is 0 Å². The Morgan fingerprint density at radius 3 is 2.45 bits per heavy atom. The molecule has 2 amide bonds. The number of anilines is 1. The first-order chi connectivity index (χ1) is 15.5. The van der Waals surface area contributed by atoms with Gasteiger partial charge < -0.3 is 10.0 Å². The molecule has 178 valence electrons. The number of pyridine rings is 1. The molecule has 1 unspecified atom stereocenters. The summed E-state index contributed by atoms with van der Waals surface area (Å²) in [5.74, 6) is -1.82. The van der Waals surface area contributed by atoms with Crippen LogP contribution >= 0.6 is 11.6 Å². The lowest BCUT2D eigenvalue weighted by Gasteiger charge is -2.42. The molecule has 1 saturated carbocycles. The summed E-state index contributed by atoms with van der Waals surface area (Å²) in [5, 5.41) is 9.67. The summed E-state index contributed by atoms with van der Waals surface area (Å²) in [5.41, 5.74) is -0.354. The topological polar surface area (TPSA) is 73.7 Å². The zero-order valence-corrected chi connectivity index (χ0v) is 18.4. The number of halogens is 5. The number of rotatable bonds is 8. The highest BCUT2D eigenvalue weighted by molar-refractivity contribution is 6.30. The van der Waals surface area contributed by atoms with Crippen molar-refractivity contribution >= 4 is 29.7 Å². The second-order valence-corrected chi connectivity index (χ2v) is 8.47. The van der Waals surface area contributed by atoms with Crippen LogP contribution in [0.2, 0.25) is 5.02 Å². The second-order valence-electron chi connectivity index (χ2n) is 8.03. The zero-order chi connectivity index (χ0) is 24.3. The second kappa shape index (κ2) is 10.0. The predicted octanol–water partition coefficient (Wildman–Crippen LogP) is 4.04. The smallest absolute Gasteiger partial charge is 0.393 e. The molecule has 0 radical (unpaired) electrons. The van der Waals surface area contributed by atoms with E-state index in [1.807, 2.05) is 0 Å². The average molecular weight is 488 g/mol. The van der Waals surface area contributed by atoms with E-state index in [0.717, 1.165) is 29.3 Å². The molecular weight excluding hydrogens is 466 g/mol. The van der Waals surface area contributed by atoms with Crippen molar-refractivity contribution in [1.29, 1.82) is 0 Å². The van der Waals surface area contributed by atoms with Crippen LogP contribution in [0.4, 0.5) is 23.4 Å². The molecule has 0 aliphatic heterocycles. The lowest BCUT2D eigenvalue weighted by Crippen LogP contribution is -2.50. The Labute approximate surface area is 192 Å². The first-order valence-corrected chi connectivity index (χ1v) is 10.5. The minimum atomic E-state index is -4.48. The summed E-state index contributed by atoms with van der Waals surface area (Å²) in [7, 11) is 0. The zero-order valence-electron chi connectivity index (χ0n) is 17.6. The third-order valence-electron chi connectivity index (χ3n) is 5.77. The molecule has 1 aliphatic rings. The van der Waals surface area contributed by atoms with Crippen LogP contribution in [0, 0.1) is 11.7 Å². The molecule has 1 N–H and O–H groups in total. The molecule has 0 saturated heterocycles. The lowest BCUT2D eigenvalue weighted by atomic mass is 9.77. The summed E-state index contributed by atoms with van der Waals surface area (Å²) in [6, 6.07) is 5.01. The largest absolute Gasteiger partial charge is 0.416 e. The van der Waals surface area contributed by atoms with E-state index in [4.69, 9.17) is 11.6 Å². The molecule has 0 spiro atoms. The highest BCUT2D eigenvalue weighted by atomic mass is 35.5. The van der Waals surface area contributed by atoms with Crippen LogP contribution in [0.15, 0.2) is 36.5 Å². The third-order valence-corrected chi connectivity index (χ3v) is 5.98. The number of alkyl halides is 3. The number of nitrogens with zero attached hydrogens (tertiary/aromatic N) is 3. The van der Waals surface area contributed by atoms with E-state index in [-0.39, 0.29) is 35.8 Å². The first kappa shape index (κ1) is 24.9. The van der Waals surface area contributed by atoms with Crippen LogP contribution in [0.25, 0.3) is 0 Å². The number of aliphatic hydroxyl groups excluding tert-OH is 1. The molecule has 1 aromatic carbocycles. The predicted molar refractivity (Wildman–Crippen MR) is 113 cm³/mol. The highest BCUT2D eigenvalue weighted by Gasteiger charge is 2.37. The van der Waals surface area contributed by atoms with Gasteiger partial charge in [-0.15, -0.1) is 0 Å². The van der Waals surface area contributed by atoms with Crippen LogP contribution in [-0.4, -0.2) is 46.0 Å². The summed E-state index contributed by atoms with van der Waals surface area (Å²) < 4.78 is 52.8. The number of aliphatic hydroxyl groups is 1. The van der Waals surface area contributed by atoms with E-state index in [0.29, 0.717) is 18.4 Å². The van der Waals surface area contributed by atoms with E-state index in [1.165, 1.54) is 17.0 Å². The van der Waals surface area contributed by atoms with Crippen molar-refractivity contribution in [1.82, 2.24) is 9.88 Å². The molecule has 11 heteroatoms. The van der Waals surface area contributed by atoms with Crippen molar-refractivity contribution in [3.8, 4) is 0 Å². The maximum Gasteiger partial charge on any atom is 0.416 e. The number of amides is 2. The summed E-state index contributed by atoms with van der Waals surface area (Å²) in [6.45, 7) is 1.22. The van der Waals surface area contributed by atoms with Gasteiger partial charge in [-0.25, -0.2) is 9.37 Å². The number of aromatic nitrogens is 1. The van der Waals surface area contributed by atoms with Gasteiger partial charge in [-0.3, -0.25) is 14.5 Å². The van der Waals surface area contributed by atoms with Crippen LogP contribution < -0.4 is 4.90 Å². The fourth-order valence-corrected chi connectivity index (χ4v) is 3.90. The Kier molecular flexibility index (Phi) is 7.58. The normalized spacial score (nSPS) is 18.9. The molecule has 0 bridgehead atoms. The molecule has 1 heterocycles. The van der Waals surface area contributed by atoms with Crippen LogP contribution in [-0.2, 0) is 22.3 Å². The van der Waals surface area contributed by atoms with Gasteiger partial charge in [-0.2, -0.15) is 13.2 Å². The Bertz CT molecular complexity index is 997. The number of hydrogen-bond donors (Lipinski definition) is 1. The van der Waals surface area contributed by atoms with Gasteiger partial charge in [-0.1, -0.05) is 23.7 Å². The molecule has 1 fully saturated rings. The summed E-state index contributed by atoms with van der Waals surface area (Å²) >= 11 is 5.69. The molecular formula is C22H22ClF4N3O3. The van der Waals surface area contributed by atoms with Gasteiger partial charge in [-0.05, 0) is 49.4 Å². The van der Waals surface area contributed by atoms with Crippen molar-refractivity contribution in [3.63, 3.8) is 0 Å². The number of benzene rings is 1. The number of carbonyl (C=O) groups is 2. The van der Waals surface area contributed by atoms with E-state index < -0.39 is 36.1 Å². The average Bonchev–Trinajstić information content (AvgIpc) is 2.73. The maximum atomic E-state index is 14.2. The van der Waals surface area contributed by atoms with Gasteiger partial charge in [0.2, 0.25) is 12.3 Å². The van der Waals surface area contributed by atoms with Gasteiger partial charge in [0, 0.05) is 18.8 Å². The molecule has 6 nitrogen and oxygen atoms in total. The van der Waals surface area contributed by atoms with Gasteiger partial charge in [0.05, 0.1) is 16.7 Å². The van der Waals surface area contributed by atoms with Crippen molar-refractivity contribution in [3.05, 3.63) is 58.5 Å². The molecule has 1 aliphatic carbocycles. The SMILES string of the molecule is CC(C1CC(O)C1)N(Cc1ccc(C(F)(F)F)cc1)C(=O)CN(C=O)c1ncc(Cl)cc1F. The Balaban J connectivity index is 1.82. The molecule has 1 atom stereocenters. The Morgan fingerprint density at radius 1 is 1.30 bits per heavy atom. The minimum absolute atomic E-state index is 0.0199. The fraction of sp³-hybridized carbons (Fsp3) is 0.409. The van der Waals surface area contributed by atoms with Crippen LogP contribution in [0.1, 0.15) is 30.9 Å². The summed E-state index contributed by atoms with van der Waals surface area (Å²) in [6.07, 6.45) is -2.60. The summed E-state index contributed by atoms with van der Waals surface area (Å²) in [4.78, 5) is 30.7. The van der Waals surface area contributed by atoms with Crippen molar-refractivity contribution in [2.45, 2.75) is 44.6 Å². The van der Waals surface area contributed by atoms with E-state index >= 15 is 0 Å². The van der Waals surface area contributed by atoms with Crippen molar-refractivity contribution < 1.29 is 32.3 Å². The quantitative estimate of drug-likeness (QED) is 0.450. The Morgan fingerprint density at radius 2 is 1.94 bits per heavy atom. The fourth-order valence-electron chi connectivity index (χ4n) is 3.75. The lowest BCUT2D eigenvalue weighted by molar-refractivity contribution is -0.138. The maximum absolute atomic E-state index is 14.2. The number of hydrogen-bond acceptors (Lipinski definition) is 4. The van der Waals surface area contributed by atoms with Gasteiger partial charge >= 0.3 is 6.18 Å². The Hall–Kier alpha value is -2.72. The third kappa shape index (κ3) is 6.00. The van der Waals surface area contributed by atoms with Crippen LogP contribution in [0.5, 0.6) is 0 Å². The standard InChI is InChI=1S/C22H22ClF4N3O3/c1-13(15-6-18(32)7-15)30(10-14-2-4-16(5-3-14)22(25,26)27)20(33)11-29(12-31)21-19(24)8-17(23)9-28-21/h2-5,8-9,12-13,15,18,32H,6-7,10-11H2,1H3. The minimum Gasteiger partial charge on any atom is -0.393 e. The molecule has 33 heavy (non-hydrogen) atoms. The van der Waals surface area contributed by atoms with Gasteiger partial charge in [0.25, 0.3) is 0 Å². The molecule has 3 rings (SSSR count). The number of carbonyl (C=O) groups excluding carboxylic acids is 2. The monoisotopic (exact) mass is 487 g/mol. The highest BCUT2D eigenvalue weighted by Crippen LogP contribution is 2.34. The van der Waals surface area contributed by atoms with E-state index in [9.17, 15) is 32.3 Å². The first-order valence-electron chi connectivity index (χ1n) is 10.2. The van der Waals surface area contributed by atoms with E-state index in [1.54, 1.807) is 6.92 Å². The molecule has 1 aromatic heterocycles. The van der Waals surface area contributed by atoms with Crippen molar-refractivity contribution in [2.24, 2.45) is 5.92 Å². The van der Waals surface area contributed by atoms with E-state index in [2.05, 4.69) is 4.98 Å². The van der Waals surface area contributed by atoms with Gasteiger partial charge in [0.15, 0.2) is 11.6 Å². The van der Waals surface area contributed by atoms with Gasteiger partial charge in [0.1, 0.15) is 6.54 Å². The molecule has 2 aromatic rings.